The smallest absolute Gasteiger partial charge is 0.287 e. The molecule has 1 fully saturated rings. The van der Waals surface area contributed by atoms with Crippen LogP contribution in [0.4, 0.5) is 0 Å². The molecule has 1 saturated heterocycles. The summed E-state index contributed by atoms with van der Waals surface area (Å²) >= 11 is 1.56. The van der Waals surface area contributed by atoms with E-state index in [1.807, 2.05) is 12.3 Å². The van der Waals surface area contributed by atoms with E-state index in [1.165, 1.54) is 0 Å². The molecule has 1 aliphatic heterocycles. The molecule has 22 heavy (non-hydrogen) atoms. The second-order valence-corrected chi connectivity index (χ2v) is 6.19. The first-order chi connectivity index (χ1) is 10.7. The third kappa shape index (κ3) is 3.73. The summed E-state index contributed by atoms with van der Waals surface area (Å²) in [4.78, 5) is 18.7. The quantitative estimate of drug-likeness (QED) is 0.909. The van der Waals surface area contributed by atoms with Gasteiger partial charge in [0.25, 0.3) is 5.91 Å². The zero-order valence-corrected chi connectivity index (χ0v) is 13.3. The number of nitrogens with zero attached hydrogens (tertiary/aromatic N) is 2. The predicted molar refractivity (Wildman–Crippen MR) is 84.1 cm³/mol. The molecule has 0 radical (unpaired) electrons. The minimum absolute atomic E-state index is 0.188. The minimum atomic E-state index is -0.188. The maximum absolute atomic E-state index is 12.1. The van der Waals surface area contributed by atoms with E-state index < -0.39 is 0 Å². The van der Waals surface area contributed by atoms with E-state index in [2.05, 4.69) is 15.2 Å². The van der Waals surface area contributed by atoms with Crippen molar-refractivity contribution in [3.63, 3.8) is 0 Å². The number of aryl methyl sites for hydroxylation is 1. The lowest BCUT2D eigenvalue weighted by Gasteiger charge is -2.26. The molecule has 0 saturated carbocycles. The highest BCUT2D eigenvalue weighted by atomic mass is 32.1. The number of aromatic nitrogens is 1. The van der Waals surface area contributed by atoms with Crippen LogP contribution in [0.25, 0.3) is 11.5 Å². The summed E-state index contributed by atoms with van der Waals surface area (Å²) in [5, 5.41) is 5.78. The number of thiazole rings is 1. The van der Waals surface area contributed by atoms with E-state index in [9.17, 15) is 4.79 Å². The lowest BCUT2D eigenvalue weighted by Crippen LogP contribution is -2.41. The van der Waals surface area contributed by atoms with Crippen LogP contribution in [-0.2, 0) is 4.74 Å². The van der Waals surface area contributed by atoms with Crippen LogP contribution in [-0.4, -0.2) is 55.2 Å². The number of carbonyl (C=O) groups is 1. The lowest BCUT2D eigenvalue weighted by atomic mass is 10.3. The largest absolute Gasteiger partial charge is 0.449 e. The van der Waals surface area contributed by atoms with Crippen LogP contribution < -0.4 is 5.32 Å². The number of hydrogen-bond donors (Lipinski definition) is 1. The molecule has 0 bridgehead atoms. The fourth-order valence-corrected chi connectivity index (χ4v) is 2.92. The molecule has 0 spiro atoms. The van der Waals surface area contributed by atoms with Crippen molar-refractivity contribution in [3.8, 4) is 11.5 Å². The molecule has 1 aliphatic rings. The third-order valence-corrected chi connectivity index (χ3v) is 4.29. The monoisotopic (exact) mass is 321 g/mol. The summed E-state index contributed by atoms with van der Waals surface area (Å²) in [6.07, 6.45) is 0. The zero-order chi connectivity index (χ0) is 15.4. The molecule has 0 unspecified atom stereocenters. The van der Waals surface area contributed by atoms with Crippen molar-refractivity contribution < 1.29 is 13.9 Å². The van der Waals surface area contributed by atoms with Gasteiger partial charge in [0.1, 0.15) is 5.69 Å². The number of hydrogen-bond acceptors (Lipinski definition) is 6. The molecule has 0 aromatic carbocycles. The first-order valence-electron chi connectivity index (χ1n) is 7.33. The first-order valence-corrected chi connectivity index (χ1v) is 8.21. The molecule has 2 aromatic rings. The van der Waals surface area contributed by atoms with E-state index in [0.717, 1.165) is 43.5 Å². The number of carbonyl (C=O) groups excluding carboxylic acids is 1. The van der Waals surface area contributed by atoms with Gasteiger partial charge in [-0.1, -0.05) is 0 Å². The van der Waals surface area contributed by atoms with Gasteiger partial charge in [-0.15, -0.1) is 11.3 Å². The summed E-state index contributed by atoms with van der Waals surface area (Å²) in [7, 11) is 0. The highest BCUT2D eigenvalue weighted by Crippen LogP contribution is 2.23. The molecule has 3 heterocycles. The van der Waals surface area contributed by atoms with Crippen molar-refractivity contribution in [2.45, 2.75) is 6.92 Å². The van der Waals surface area contributed by atoms with Gasteiger partial charge >= 0.3 is 0 Å². The van der Waals surface area contributed by atoms with Gasteiger partial charge in [-0.05, 0) is 19.1 Å². The molecule has 3 rings (SSSR count). The van der Waals surface area contributed by atoms with E-state index >= 15 is 0 Å². The first kappa shape index (κ1) is 15.2. The van der Waals surface area contributed by atoms with Crippen molar-refractivity contribution in [2.75, 3.05) is 39.4 Å². The van der Waals surface area contributed by atoms with Crippen molar-refractivity contribution in [1.29, 1.82) is 0 Å². The van der Waals surface area contributed by atoms with Gasteiger partial charge in [0, 0.05) is 31.6 Å². The standard InChI is InChI=1S/C15H19N3O3S/c1-11-17-12(10-22-11)13-2-3-14(21-13)15(19)16-4-5-18-6-8-20-9-7-18/h2-3,10H,4-9H2,1H3,(H,16,19). The van der Waals surface area contributed by atoms with Crippen molar-refractivity contribution >= 4 is 17.2 Å². The van der Waals surface area contributed by atoms with Crippen molar-refractivity contribution in [2.24, 2.45) is 0 Å². The Bertz CT molecular complexity index is 632. The van der Waals surface area contributed by atoms with Crippen LogP contribution in [0.3, 0.4) is 0 Å². The summed E-state index contributed by atoms with van der Waals surface area (Å²) < 4.78 is 10.9. The predicted octanol–water partition coefficient (Wildman–Crippen LogP) is 1.77. The highest BCUT2D eigenvalue weighted by Gasteiger charge is 2.14. The van der Waals surface area contributed by atoms with E-state index in [4.69, 9.17) is 9.15 Å². The number of morpholine rings is 1. The fraction of sp³-hybridized carbons (Fsp3) is 0.467. The minimum Gasteiger partial charge on any atom is -0.449 e. The summed E-state index contributed by atoms with van der Waals surface area (Å²) in [6.45, 7) is 6.74. The molecule has 1 amide bonds. The lowest BCUT2D eigenvalue weighted by molar-refractivity contribution is 0.0382. The fourth-order valence-electron chi connectivity index (χ4n) is 2.31. The third-order valence-electron chi connectivity index (χ3n) is 3.52. The molecule has 1 N–H and O–H groups in total. The summed E-state index contributed by atoms with van der Waals surface area (Å²) in [5.41, 5.74) is 0.773. The molecular weight excluding hydrogens is 302 g/mol. The maximum atomic E-state index is 12.1. The van der Waals surface area contributed by atoms with Gasteiger partial charge in [0.05, 0.1) is 18.2 Å². The molecule has 0 aliphatic carbocycles. The number of rotatable bonds is 5. The Hall–Kier alpha value is -1.70. The number of nitrogens with one attached hydrogen (secondary N) is 1. The average Bonchev–Trinajstić information content (AvgIpc) is 3.17. The van der Waals surface area contributed by atoms with E-state index in [1.54, 1.807) is 23.5 Å². The summed E-state index contributed by atoms with van der Waals surface area (Å²) in [5.74, 6) is 0.761. The Morgan fingerprint density at radius 2 is 2.23 bits per heavy atom. The normalized spacial score (nSPS) is 15.9. The average molecular weight is 321 g/mol. The Labute approximate surface area is 133 Å². The van der Waals surface area contributed by atoms with Gasteiger partial charge in [0.15, 0.2) is 11.5 Å². The van der Waals surface area contributed by atoms with Crippen LogP contribution in [0.2, 0.25) is 0 Å². The van der Waals surface area contributed by atoms with Crippen molar-refractivity contribution in [1.82, 2.24) is 15.2 Å². The maximum Gasteiger partial charge on any atom is 0.287 e. The van der Waals surface area contributed by atoms with Crippen LogP contribution in [0.15, 0.2) is 21.9 Å². The Morgan fingerprint density at radius 3 is 2.95 bits per heavy atom. The van der Waals surface area contributed by atoms with Gasteiger partial charge in [-0.25, -0.2) is 4.98 Å². The van der Waals surface area contributed by atoms with Crippen LogP contribution in [0.1, 0.15) is 15.6 Å². The van der Waals surface area contributed by atoms with Crippen LogP contribution >= 0.6 is 11.3 Å². The van der Waals surface area contributed by atoms with Crippen LogP contribution in [0, 0.1) is 6.92 Å². The SMILES string of the molecule is Cc1nc(-c2ccc(C(=O)NCCN3CCOCC3)o2)cs1. The summed E-state index contributed by atoms with van der Waals surface area (Å²) in [6, 6.07) is 3.47. The Morgan fingerprint density at radius 1 is 1.41 bits per heavy atom. The Kier molecular flexibility index (Phi) is 4.87. The van der Waals surface area contributed by atoms with E-state index in [0.29, 0.717) is 18.1 Å². The van der Waals surface area contributed by atoms with Gasteiger partial charge in [-0.3, -0.25) is 9.69 Å². The molecule has 2 aromatic heterocycles. The van der Waals surface area contributed by atoms with Gasteiger partial charge in [0.2, 0.25) is 0 Å². The molecule has 7 heteroatoms. The molecule has 6 nitrogen and oxygen atoms in total. The topological polar surface area (TPSA) is 67.6 Å². The highest BCUT2D eigenvalue weighted by molar-refractivity contribution is 7.09. The van der Waals surface area contributed by atoms with Crippen LogP contribution in [0.5, 0.6) is 0 Å². The molecule has 118 valence electrons. The Balaban J connectivity index is 1.51. The number of furan rings is 1. The van der Waals surface area contributed by atoms with Crippen molar-refractivity contribution in [3.05, 3.63) is 28.3 Å². The number of ether oxygens (including phenoxy) is 1. The molecular formula is C15H19N3O3S. The van der Waals surface area contributed by atoms with Gasteiger partial charge < -0.3 is 14.5 Å². The second kappa shape index (κ2) is 7.04. The second-order valence-electron chi connectivity index (χ2n) is 5.13. The number of amides is 1. The zero-order valence-electron chi connectivity index (χ0n) is 12.5. The molecule has 0 atom stereocenters. The van der Waals surface area contributed by atoms with E-state index in [-0.39, 0.29) is 5.91 Å². The van der Waals surface area contributed by atoms with Gasteiger partial charge in [-0.2, -0.15) is 0 Å².